The van der Waals surface area contributed by atoms with E-state index in [4.69, 9.17) is 0 Å². The van der Waals surface area contributed by atoms with Crippen molar-refractivity contribution in [2.24, 2.45) is 0 Å². The van der Waals surface area contributed by atoms with Gasteiger partial charge < -0.3 is 14.8 Å². The first-order valence-electron chi connectivity index (χ1n) is 6.14. The maximum atomic E-state index is 11.5. The van der Waals surface area contributed by atoms with Crippen molar-refractivity contribution < 1.29 is 4.79 Å². The summed E-state index contributed by atoms with van der Waals surface area (Å²) in [5.74, 6) is 0. The van der Waals surface area contributed by atoms with Crippen molar-refractivity contribution in [2.45, 2.75) is 13.1 Å². The Morgan fingerprint density at radius 1 is 1.37 bits per heavy atom. The molecule has 2 rings (SSSR count). The lowest BCUT2D eigenvalue weighted by atomic mass is 10.1. The Balaban J connectivity index is 1.97. The molecule has 1 aromatic carbocycles. The van der Waals surface area contributed by atoms with Gasteiger partial charge >= 0.3 is 6.03 Å². The topological polar surface area (TPSA) is 50.2 Å². The van der Waals surface area contributed by atoms with Gasteiger partial charge in [-0.3, -0.25) is 0 Å². The molecule has 5 heteroatoms. The highest BCUT2D eigenvalue weighted by Crippen LogP contribution is 2.07. The molecule has 2 aromatic rings. The fourth-order valence-electron chi connectivity index (χ4n) is 1.76. The lowest BCUT2D eigenvalue weighted by Crippen LogP contribution is -2.33. The molecule has 0 unspecified atom stereocenters. The second kappa shape index (κ2) is 6.04. The average Bonchev–Trinajstić information content (AvgIpc) is 2.89. The molecule has 0 atom stereocenters. The van der Waals surface area contributed by atoms with Crippen LogP contribution in [0.2, 0.25) is 0 Å². The number of nitrogens with one attached hydrogen (secondary N) is 1. The van der Waals surface area contributed by atoms with Gasteiger partial charge in [0.25, 0.3) is 0 Å². The molecule has 1 heterocycles. The predicted octanol–water partition coefficient (Wildman–Crippen LogP) is 1.70. The number of rotatable bonds is 4. The molecule has 0 saturated carbocycles. The van der Waals surface area contributed by atoms with E-state index in [2.05, 4.69) is 22.4 Å². The van der Waals surface area contributed by atoms with Crippen molar-refractivity contribution in [3.8, 4) is 0 Å². The Kier molecular flexibility index (Phi) is 4.18. The molecule has 0 fully saturated rings. The molecule has 0 aliphatic rings. The molecule has 0 radical (unpaired) electrons. The fourth-order valence-corrected chi connectivity index (χ4v) is 1.76. The maximum Gasteiger partial charge on any atom is 0.317 e. The van der Waals surface area contributed by atoms with Crippen LogP contribution in [0.4, 0.5) is 4.79 Å². The van der Waals surface area contributed by atoms with Crippen LogP contribution in [0.3, 0.4) is 0 Å². The molecule has 2 amide bonds. The maximum absolute atomic E-state index is 11.5. The molecular formula is C14H18N4O. The quantitative estimate of drug-likeness (QED) is 0.907. The van der Waals surface area contributed by atoms with E-state index in [1.165, 1.54) is 10.5 Å². The molecule has 19 heavy (non-hydrogen) atoms. The lowest BCUT2D eigenvalue weighted by molar-refractivity contribution is 0.217. The minimum absolute atomic E-state index is 0.0833. The summed E-state index contributed by atoms with van der Waals surface area (Å²) in [5.41, 5.74) is 2.28. The summed E-state index contributed by atoms with van der Waals surface area (Å²) in [5, 5.41) is 2.85. The van der Waals surface area contributed by atoms with E-state index in [9.17, 15) is 4.79 Å². The zero-order valence-electron chi connectivity index (χ0n) is 11.2. The van der Waals surface area contributed by atoms with E-state index in [1.54, 1.807) is 26.6 Å². The minimum Gasteiger partial charge on any atom is -0.334 e. The monoisotopic (exact) mass is 258 g/mol. The Morgan fingerprint density at radius 2 is 2.16 bits per heavy atom. The van der Waals surface area contributed by atoms with Crippen molar-refractivity contribution in [1.82, 2.24) is 19.8 Å². The van der Waals surface area contributed by atoms with Gasteiger partial charge in [0.2, 0.25) is 0 Å². The summed E-state index contributed by atoms with van der Waals surface area (Å²) in [6, 6.07) is 8.09. The molecule has 100 valence electrons. The highest BCUT2D eigenvalue weighted by atomic mass is 16.2. The van der Waals surface area contributed by atoms with Crippen molar-refractivity contribution in [2.75, 3.05) is 14.1 Å². The minimum atomic E-state index is -0.0833. The Labute approximate surface area is 112 Å². The van der Waals surface area contributed by atoms with Gasteiger partial charge in [-0.05, 0) is 11.1 Å². The van der Waals surface area contributed by atoms with E-state index in [-0.39, 0.29) is 6.03 Å². The number of urea groups is 1. The largest absolute Gasteiger partial charge is 0.334 e. The zero-order valence-corrected chi connectivity index (χ0v) is 11.2. The number of aromatic nitrogens is 2. The first-order valence-corrected chi connectivity index (χ1v) is 6.14. The molecule has 0 spiro atoms. The Hall–Kier alpha value is -2.30. The lowest BCUT2D eigenvalue weighted by Gasteiger charge is -2.12. The number of nitrogens with zero attached hydrogens (tertiary/aromatic N) is 3. The van der Waals surface area contributed by atoms with E-state index in [1.807, 2.05) is 22.9 Å². The van der Waals surface area contributed by atoms with Crippen molar-refractivity contribution >= 4 is 6.03 Å². The van der Waals surface area contributed by atoms with Crippen LogP contribution in [0.1, 0.15) is 11.1 Å². The highest BCUT2D eigenvalue weighted by Gasteiger charge is 2.03. The number of benzene rings is 1. The van der Waals surface area contributed by atoms with Gasteiger partial charge in [0.15, 0.2) is 0 Å². The molecule has 0 aliphatic carbocycles. The van der Waals surface area contributed by atoms with E-state index < -0.39 is 0 Å². The summed E-state index contributed by atoms with van der Waals surface area (Å²) >= 11 is 0. The van der Waals surface area contributed by atoms with Crippen LogP contribution in [0.15, 0.2) is 43.0 Å². The number of hydrogen-bond donors (Lipinski definition) is 1. The summed E-state index contributed by atoms with van der Waals surface area (Å²) in [6.07, 6.45) is 5.49. The predicted molar refractivity (Wildman–Crippen MR) is 73.7 cm³/mol. The summed E-state index contributed by atoms with van der Waals surface area (Å²) in [7, 11) is 3.45. The average molecular weight is 258 g/mol. The number of carbonyl (C=O) groups excluding carboxylic acids is 1. The van der Waals surface area contributed by atoms with Crippen LogP contribution in [0.25, 0.3) is 0 Å². The molecule has 5 nitrogen and oxygen atoms in total. The number of carbonyl (C=O) groups is 1. The second-order valence-corrected chi connectivity index (χ2v) is 4.61. The molecule has 0 aliphatic heterocycles. The van der Waals surface area contributed by atoms with Gasteiger partial charge in [0.05, 0.1) is 6.33 Å². The van der Waals surface area contributed by atoms with Crippen LogP contribution in [0, 0.1) is 0 Å². The first kappa shape index (κ1) is 13.1. The van der Waals surface area contributed by atoms with E-state index >= 15 is 0 Å². The third kappa shape index (κ3) is 3.84. The molecule has 1 aromatic heterocycles. The molecule has 0 bridgehead atoms. The fraction of sp³-hybridized carbons (Fsp3) is 0.286. The van der Waals surface area contributed by atoms with Crippen LogP contribution in [0.5, 0.6) is 0 Å². The van der Waals surface area contributed by atoms with Gasteiger partial charge in [0, 0.05) is 39.6 Å². The summed E-state index contributed by atoms with van der Waals surface area (Å²) < 4.78 is 2.01. The second-order valence-electron chi connectivity index (χ2n) is 4.61. The number of amides is 2. The van der Waals surface area contributed by atoms with Crippen LogP contribution in [-0.4, -0.2) is 34.6 Å². The Bertz CT molecular complexity index is 534. The van der Waals surface area contributed by atoms with Crippen LogP contribution >= 0.6 is 0 Å². The molecule has 0 saturated heterocycles. The highest BCUT2D eigenvalue weighted by molar-refractivity contribution is 5.73. The number of imidazole rings is 1. The van der Waals surface area contributed by atoms with Gasteiger partial charge in [-0.1, -0.05) is 24.3 Å². The standard InChI is InChI=1S/C14H18N4O/c1-17(2)14(19)16-9-12-4-3-5-13(8-12)10-18-7-6-15-11-18/h3-8,11H,9-10H2,1-2H3,(H,16,19). The van der Waals surface area contributed by atoms with Crippen molar-refractivity contribution in [1.29, 1.82) is 0 Å². The van der Waals surface area contributed by atoms with Gasteiger partial charge in [-0.2, -0.15) is 0 Å². The van der Waals surface area contributed by atoms with Gasteiger partial charge in [0.1, 0.15) is 0 Å². The Morgan fingerprint density at radius 3 is 2.84 bits per heavy atom. The van der Waals surface area contributed by atoms with Crippen LogP contribution < -0.4 is 5.32 Å². The van der Waals surface area contributed by atoms with Crippen molar-refractivity contribution in [3.63, 3.8) is 0 Å². The van der Waals surface area contributed by atoms with Gasteiger partial charge in [-0.25, -0.2) is 9.78 Å². The zero-order chi connectivity index (χ0) is 13.7. The normalized spacial score (nSPS) is 10.2. The smallest absolute Gasteiger partial charge is 0.317 e. The first-order chi connectivity index (χ1) is 9.15. The van der Waals surface area contributed by atoms with Gasteiger partial charge in [-0.15, -0.1) is 0 Å². The third-order valence-electron chi connectivity index (χ3n) is 2.77. The van der Waals surface area contributed by atoms with E-state index in [0.29, 0.717) is 6.54 Å². The summed E-state index contributed by atoms with van der Waals surface area (Å²) in [6.45, 7) is 1.32. The third-order valence-corrected chi connectivity index (χ3v) is 2.77. The SMILES string of the molecule is CN(C)C(=O)NCc1cccc(Cn2ccnc2)c1. The summed E-state index contributed by atoms with van der Waals surface area (Å²) in [4.78, 5) is 17.0. The van der Waals surface area contributed by atoms with Crippen molar-refractivity contribution in [3.05, 3.63) is 54.1 Å². The van der Waals surface area contributed by atoms with E-state index in [0.717, 1.165) is 12.1 Å². The molecular weight excluding hydrogens is 240 g/mol. The number of hydrogen-bond acceptors (Lipinski definition) is 2. The molecule has 1 N–H and O–H groups in total. The van der Waals surface area contributed by atoms with Crippen LogP contribution in [-0.2, 0) is 13.1 Å².